The van der Waals surface area contributed by atoms with Crippen molar-refractivity contribution in [3.8, 4) is 5.75 Å². The van der Waals surface area contributed by atoms with Crippen LogP contribution in [-0.2, 0) is 29.7 Å². The van der Waals surface area contributed by atoms with Crippen molar-refractivity contribution in [3.63, 3.8) is 0 Å². The molecule has 6 heteroatoms. The highest BCUT2D eigenvalue weighted by molar-refractivity contribution is 5.65. The summed E-state index contributed by atoms with van der Waals surface area (Å²) in [6, 6.07) is 4.98. The standard InChI is InChI=1S/C14H18O6/c1-10-9-12(3-4-13(10)16)14(19-7-8-20-14)18-6-5-17-11(2)15/h3-4,9,16H,5-8H2,1-2H3. The summed E-state index contributed by atoms with van der Waals surface area (Å²) in [4.78, 5) is 10.7. The Morgan fingerprint density at radius 3 is 2.65 bits per heavy atom. The summed E-state index contributed by atoms with van der Waals surface area (Å²) in [6.07, 6.45) is 0. The second kappa shape index (κ2) is 6.21. The topological polar surface area (TPSA) is 74.2 Å². The summed E-state index contributed by atoms with van der Waals surface area (Å²) in [5.74, 6) is -1.46. The smallest absolute Gasteiger partial charge is 0.312 e. The van der Waals surface area contributed by atoms with Crippen molar-refractivity contribution in [2.24, 2.45) is 0 Å². The SMILES string of the molecule is CC(=O)OCCOC1(c2ccc(O)c(C)c2)OCCO1. The fourth-order valence-corrected chi connectivity index (χ4v) is 1.93. The van der Waals surface area contributed by atoms with Gasteiger partial charge in [-0.05, 0) is 30.7 Å². The number of aryl methyl sites for hydroxylation is 1. The van der Waals surface area contributed by atoms with E-state index in [0.717, 1.165) is 0 Å². The van der Waals surface area contributed by atoms with E-state index in [1.54, 1.807) is 25.1 Å². The number of phenols is 1. The minimum absolute atomic E-state index is 0.126. The number of hydrogen-bond acceptors (Lipinski definition) is 6. The summed E-state index contributed by atoms with van der Waals surface area (Å²) in [5.41, 5.74) is 1.36. The van der Waals surface area contributed by atoms with E-state index in [1.807, 2.05) is 0 Å². The summed E-state index contributed by atoms with van der Waals surface area (Å²) >= 11 is 0. The minimum atomic E-state index is -1.29. The number of esters is 1. The van der Waals surface area contributed by atoms with Crippen LogP contribution >= 0.6 is 0 Å². The number of phenolic OH excluding ortho intramolecular Hbond substituents is 1. The fourth-order valence-electron chi connectivity index (χ4n) is 1.93. The molecule has 6 nitrogen and oxygen atoms in total. The molecule has 0 radical (unpaired) electrons. The van der Waals surface area contributed by atoms with Crippen LogP contribution in [0.1, 0.15) is 18.1 Å². The van der Waals surface area contributed by atoms with E-state index in [-0.39, 0.29) is 24.9 Å². The third-order valence-electron chi connectivity index (χ3n) is 2.90. The van der Waals surface area contributed by atoms with Crippen LogP contribution in [0, 0.1) is 6.92 Å². The van der Waals surface area contributed by atoms with Crippen molar-refractivity contribution >= 4 is 5.97 Å². The van der Waals surface area contributed by atoms with E-state index in [1.165, 1.54) is 6.92 Å². The lowest BCUT2D eigenvalue weighted by Gasteiger charge is -2.27. The maximum Gasteiger partial charge on any atom is 0.312 e. The summed E-state index contributed by atoms with van der Waals surface area (Å²) in [5, 5.41) is 9.57. The Balaban J connectivity index is 2.08. The molecule has 20 heavy (non-hydrogen) atoms. The normalized spacial score (nSPS) is 17.1. The molecule has 1 aliphatic heterocycles. The number of benzene rings is 1. The number of aromatic hydroxyl groups is 1. The van der Waals surface area contributed by atoms with E-state index in [2.05, 4.69) is 0 Å². The van der Waals surface area contributed by atoms with Crippen molar-refractivity contribution < 1.29 is 28.8 Å². The second-order valence-electron chi connectivity index (χ2n) is 4.44. The number of rotatable bonds is 5. The summed E-state index contributed by atoms with van der Waals surface area (Å²) in [6.45, 7) is 4.21. The van der Waals surface area contributed by atoms with Crippen LogP contribution in [0.5, 0.6) is 5.75 Å². The Morgan fingerprint density at radius 1 is 1.35 bits per heavy atom. The predicted octanol–water partition coefficient (Wildman–Crippen LogP) is 1.44. The molecule has 110 valence electrons. The van der Waals surface area contributed by atoms with Crippen LogP contribution in [0.25, 0.3) is 0 Å². The van der Waals surface area contributed by atoms with Crippen LogP contribution in [0.2, 0.25) is 0 Å². The molecule has 1 aliphatic rings. The molecular formula is C14H18O6. The van der Waals surface area contributed by atoms with Crippen LogP contribution < -0.4 is 0 Å². The van der Waals surface area contributed by atoms with Crippen LogP contribution in [0.3, 0.4) is 0 Å². The third kappa shape index (κ3) is 3.27. The second-order valence-corrected chi connectivity index (χ2v) is 4.44. The van der Waals surface area contributed by atoms with E-state index in [9.17, 15) is 9.90 Å². The molecule has 0 amide bonds. The molecule has 0 aliphatic carbocycles. The van der Waals surface area contributed by atoms with Crippen LogP contribution in [-0.4, -0.2) is 37.5 Å². The molecule has 0 bridgehead atoms. The molecule has 1 N–H and O–H groups in total. The van der Waals surface area contributed by atoms with Gasteiger partial charge in [0, 0.05) is 12.5 Å². The van der Waals surface area contributed by atoms with Crippen molar-refractivity contribution in [2.45, 2.75) is 19.8 Å². The van der Waals surface area contributed by atoms with Crippen LogP contribution in [0.15, 0.2) is 18.2 Å². The third-order valence-corrected chi connectivity index (χ3v) is 2.90. The molecule has 0 atom stereocenters. The first-order valence-corrected chi connectivity index (χ1v) is 6.39. The molecule has 1 heterocycles. The van der Waals surface area contributed by atoms with Crippen molar-refractivity contribution in [1.82, 2.24) is 0 Å². The van der Waals surface area contributed by atoms with E-state index < -0.39 is 5.97 Å². The van der Waals surface area contributed by atoms with Crippen molar-refractivity contribution in [1.29, 1.82) is 0 Å². The van der Waals surface area contributed by atoms with E-state index in [4.69, 9.17) is 18.9 Å². The number of carbonyl (C=O) groups is 1. The average molecular weight is 282 g/mol. The lowest BCUT2D eigenvalue weighted by molar-refractivity contribution is -0.345. The Labute approximate surface area is 117 Å². The van der Waals surface area contributed by atoms with Gasteiger partial charge in [-0.25, -0.2) is 0 Å². The summed E-state index contributed by atoms with van der Waals surface area (Å²) < 4.78 is 21.6. The Kier molecular flexibility index (Phi) is 4.59. The van der Waals surface area contributed by atoms with Crippen molar-refractivity contribution in [3.05, 3.63) is 29.3 Å². The molecule has 1 aromatic carbocycles. The molecule has 1 fully saturated rings. The molecule has 1 saturated heterocycles. The number of ether oxygens (including phenoxy) is 4. The number of carbonyl (C=O) groups excluding carboxylic acids is 1. The van der Waals surface area contributed by atoms with Gasteiger partial charge in [0.2, 0.25) is 0 Å². The van der Waals surface area contributed by atoms with Gasteiger partial charge in [0.1, 0.15) is 12.4 Å². The van der Waals surface area contributed by atoms with Gasteiger partial charge in [0.25, 0.3) is 0 Å². The first-order valence-electron chi connectivity index (χ1n) is 6.39. The Bertz CT molecular complexity index is 479. The first-order chi connectivity index (χ1) is 9.53. The Hall–Kier alpha value is -1.63. The number of hydrogen-bond donors (Lipinski definition) is 1. The molecule has 1 aromatic rings. The molecule has 0 aromatic heterocycles. The average Bonchev–Trinajstić information content (AvgIpc) is 2.88. The highest BCUT2D eigenvalue weighted by atomic mass is 16.9. The molecule has 2 rings (SSSR count). The quantitative estimate of drug-likeness (QED) is 0.650. The first kappa shape index (κ1) is 14.8. The zero-order valence-electron chi connectivity index (χ0n) is 11.5. The van der Waals surface area contributed by atoms with Gasteiger partial charge >= 0.3 is 11.9 Å². The van der Waals surface area contributed by atoms with Gasteiger partial charge in [-0.2, -0.15) is 0 Å². The predicted molar refractivity (Wildman–Crippen MR) is 69.0 cm³/mol. The zero-order chi connectivity index (χ0) is 14.6. The van der Waals surface area contributed by atoms with E-state index >= 15 is 0 Å². The van der Waals surface area contributed by atoms with Gasteiger partial charge in [-0.15, -0.1) is 0 Å². The zero-order valence-corrected chi connectivity index (χ0v) is 11.5. The largest absolute Gasteiger partial charge is 0.508 e. The maximum atomic E-state index is 10.7. The molecule has 0 unspecified atom stereocenters. The molecular weight excluding hydrogens is 264 g/mol. The van der Waals surface area contributed by atoms with E-state index in [0.29, 0.717) is 24.3 Å². The van der Waals surface area contributed by atoms with Gasteiger partial charge in [0.05, 0.1) is 19.8 Å². The van der Waals surface area contributed by atoms with Crippen molar-refractivity contribution in [2.75, 3.05) is 26.4 Å². The summed E-state index contributed by atoms with van der Waals surface area (Å²) in [7, 11) is 0. The molecule has 0 saturated carbocycles. The highest BCUT2D eigenvalue weighted by Gasteiger charge is 2.40. The van der Waals surface area contributed by atoms with Gasteiger partial charge in [-0.1, -0.05) is 0 Å². The molecule has 0 spiro atoms. The van der Waals surface area contributed by atoms with Gasteiger partial charge in [-0.3, -0.25) is 4.79 Å². The van der Waals surface area contributed by atoms with Gasteiger partial charge < -0.3 is 24.1 Å². The fraction of sp³-hybridized carbons (Fsp3) is 0.500. The maximum absolute atomic E-state index is 10.7. The van der Waals surface area contributed by atoms with Gasteiger partial charge in [0.15, 0.2) is 0 Å². The highest BCUT2D eigenvalue weighted by Crippen LogP contribution is 2.34. The lowest BCUT2D eigenvalue weighted by atomic mass is 10.1. The lowest BCUT2D eigenvalue weighted by Crippen LogP contribution is -2.32. The monoisotopic (exact) mass is 282 g/mol. The van der Waals surface area contributed by atoms with Crippen LogP contribution in [0.4, 0.5) is 0 Å². The Morgan fingerprint density at radius 2 is 2.05 bits per heavy atom. The minimum Gasteiger partial charge on any atom is -0.508 e.